The molecule has 0 fully saturated rings. The van der Waals surface area contributed by atoms with Crippen LogP contribution in [0.2, 0.25) is 0 Å². The first kappa shape index (κ1) is 17.0. The van der Waals surface area contributed by atoms with Crippen LogP contribution in [-0.2, 0) is 4.79 Å². The van der Waals surface area contributed by atoms with Gasteiger partial charge in [-0.15, -0.1) is 12.4 Å². The molecule has 92 valence electrons. The van der Waals surface area contributed by atoms with Crippen LogP contribution in [0.4, 0.5) is 0 Å². The van der Waals surface area contributed by atoms with Crippen LogP contribution in [-0.4, -0.2) is 35.0 Å². The summed E-state index contributed by atoms with van der Waals surface area (Å²) >= 11 is 0. The fourth-order valence-corrected chi connectivity index (χ4v) is 0.842. The normalized spacial score (nSPS) is 15.1. The lowest BCUT2D eigenvalue weighted by molar-refractivity contribution is -0.127. The molecule has 0 rings (SSSR count). The van der Waals surface area contributed by atoms with E-state index < -0.39 is 18.2 Å². The standard InChI is InChI=1S/C9H20N2O3.ClH/c1-9(2,3)7(10)8(14)11-6(13)4-5-12;/h6-7,12-13H,4-5,10H2,1-3H3,(H,11,14);1H. The first-order chi connectivity index (χ1) is 6.29. The van der Waals surface area contributed by atoms with Crippen molar-refractivity contribution >= 4 is 18.3 Å². The lowest BCUT2D eigenvalue weighted by atomic mass is 9.87. The smallest absolute Gasteiger partial charge is 0.239 e. The summed E-state index contributed by atoms with van der Waals surface area (Å²) in [5.41, 5.74) is 5.31. The molecule has 0 aromatic heterocycles. The molecule has 1 amide bonds. The minimum atomic E-state index is -1.03. The summed E-state index contributed by atoms with van der Waals surface area (Å²) in [6.07, 6.45) is -0.913. The Balaban J connectivity index is 0. The van der Waals surface area contributed by atoms with Crippen molar-refractivity contribution in [3.05, 3.63) is 0 Å². The van der Waals surface area contributed by atoms with E-state index in [2.05, 4.69) is 5.32 Å². The number of aliphatic hydroxyl groups excluding tert-OH is 2. The van der Waals surface area contributed by atoms with Gasteiger partial charge in [-0.05, 0) is 5.41 Å². The van der Waals surface area contributed by atoms with E-state index in [1.165, 1.54) is 0 Å². The zero-order valence-corrected chi connectivity index (χ0v) is 10.2. The summed E-state index contributed by atoms with van der Waals surface area (Å²) in [7, 11) is 0. The molecule has 0 aliphatic carbocycles. The van der Waals surface area contributed by atoms with Gasteiger partial charge in [0.25, 0.3) is 0 Å². The van der Waals surface area contributed by atoms with Gasteiger partial charge in [0.2, 0.25) is 5.91 Å². The monoisotopic (exact) mass is 240 g/mol. The third-order valence-electron chi connectivity index (χ3n) is 1.93. The van der Waals surface area contributed by atoms with E-state index in [-0.39, 0.29) is 30.8 Å². The van der Waals surface area contributed by atoms with Gasteiger partial charge in [-0.1, -0.05) is 20.8 Å². The van der Waals surface area contributed by atoms with Crippen molar-refractivity contribution in [2.24, 2.45) is 11.1 Å². The van der Waals surface area contributed by atoms with Gasteiger partial charge in [-0.2, -0.15) is 0 Å². The number of nitrogens with two attached hydrogens (primary N) is 1. The van der Waals surface area contributed by atoms with Gasteiger partial charge in [-0.3, -0.25) is 4.79 Å². The summed E-state index contributed by atoms with van der Waals surface area (Å²) in [6.45, 7) is 5.35. The highest BCUT2D eigenvalue weighted by Gasteiger charge is 2.28. The molecule has 0 aromatic carbocycles. The molecular weight excluding hydrogens is 220 g/mol. The van der Waals surface area contributed by atoms with Crippen LogP contribution in [0.5, 0.6) is 0 Å². The minimum Gasteiger partial charge on any atom is -0.396 e. The number of rotatable bonds is 4. The molecule has 5 nitrogen and oxygen atoms in total. The number of hydrogen-bond donors (Lipinski definition) is 4. The van der Waals surface area contributed by atoms with Crippen molar-refractivity contribution in [1.82, 2.24) is 5.32 Å². The van der Waals surface area contributed by atoms with Gasteiger partial charge in [0.05, 0.1) is 6.04 Å². The van der Waals surface area contributed by atoms with Crippen molar-refractivity contribution in [3.8, 4) is 0 Å². The van der Waals surface area contributed by atoms with Gasteiger partial charge in [0.15, 0.2) is 0 Å². The molecule has 0 radical (unpaired) electrons. The highest BCUT2D eigenvalue weighted by molar-refractivity contribution is 5.85. The first-order valence-electron chi connectivity index (χ1n) is 4.64. The van der Waals surface area contributed by atoms with Gasteiger partial charge in [0.1, 0.15) is 6.23 Å². The topological polar surface area (TPSA) is 95.6 Å². The third kappa shape index (κ3) is 6.67. The second kappa shape index (κ2) is 7.00. The predicted octanol–water partition coefficient (Wildman–Crippen LogP) is -0.401. The summed E-state index contributed by atoms with van der Waals surface area (Å²) < 4.78 is 0. The molecule has 2 atom stereocenters. The van der Waals surface area contributed by atoms with E-state index in [4.69, 9.17) is 10.8 Å². The van der Waals surface area contributed by atoms with Crippen LogP contribution in [0.15, 0.2) is 0 Å². The molecule has 0 saturated carbocycles. The molecule has 0 spiro atoms. The summed E-state index contributed by atoms with van der Waals surface area (Å²) in [5.74, 6) is -0.404. The molecule has 2 unspecified atom stereocenters. The van der Waals surface area contributed by atoms with E-state index in [0.717, 1.165) is 0 Å². The van der Waals surface area contributed by atoms with E-state index in [1.807, 2.05) is 20.8 Å². The van der Waals surface area contributed by atoms with Crippen LogP contribution < -0.4 is 11.1 Å². The average molecular weight is 241 g/mol. The highest BCUT2D eigenvalue weighted by atomic mass is 35.5. The van der Waals surface area contributed by atoms with Crippen molar-refractivity contribution in [1.29, 1.82) is 0 Å². The van der Waals surface area contributed by atoms with Crippen molar-refractivity contribution in [2.45, 2.75) is 39.5 Å². The van der Waals surface area contributed by atoms with Crippen LogP contribution >= 0.6 is 12.4 Å². The van der Waals surface area contributed by atoms with Gasteiger partial charge in [-0.25, -0.2) is 0 Å². The number of aliphatic hydroxyl groups is 2. The maximum Gasteiger partial charge on any atom is 0.239 e. The Kier molecular flexibility index (Phi) is 7.96. The maximum absolute atomic E-state index is 11.4. The predicted molar refractivity (Wildman–Crippen MR) is 60.5 cm³/mol. The van der Waals surface area contributed by atoms with E-state index in [0.29, 0.717) is 0 Å². The van der Waals surface area contributed by atoms with Crippen molar-refractivity contribution in [3.63, 3.8) is 0 Å². The molecule has 0 heterocycles. The molecule has 0 aliphatic rings. The molecule has 15 heavy (non-hydrogen) atoms. The second-order valence-corrected chi connectivity index (χ2v) is 4.38. The number of amides is 1. The van der Waals surface area contributed by atoms with E-state index >= 15 is 0 Å². The molecule has 0 bridgehead atoms. The number of carbonyl (C=O) groups is 1. The Morgan fingerprint density at radius 3 is 2.27 bits per heavy atom. The van der Waals surface area contributed by atoms with Crippen molar-refractivity contribution in [2.75, 3.05) is 6.61 Å². The van der Waals surface area contributed by atoms with Crippen molar-refractivity contribution < 1.29 is 15.0 Å². The van der Waals surface area contributed by atoms with E-state index in [9.17, 15) is 9.90 Å². The summed E-state index contributed by atoms with van der Waals surface area (Å²) in [4.78, 5) is 11.4. The first-order valence-corrected chi connectivity index (χ1v) is 4.64. The Labute approximate surface area is 96.5 Å². The van der Waals surface area contributed by atoms with Gasteiger partial charge in [0, 0.05) is 13.0 Å². The number of carbonyl (C=O) groups excluding carboxylic acids is 1. The fraction of sp³-hybridized carbons (Fsp3) is 0.889. The fourth-order valence-electron chi connectivity index (χ4n) is 0.842. The molecule has 6 heteroatoms. The van der Waals surface area contributed by atoms with Crippen LogP contribution in [0.25, 0.3) is 0 Å². The lowest BCUT2D eigenvalue weighted by Gasteiger charge is -2.26. The Morgan fingerprint density at radius 2 is 1.93 bits per heavy atom. The van der Waals surface area contributed by atoms with Gasteiger partial charge >= 0.3 is 0 Å². The summed E-state index contributed by atoms with van der Waals surface area (Å²) in [6, 6.07) is -0.671. The zero-order chi connectivity index (χ0) is 11.4. The summed E-state index contributed by atoms with van der Waals surface area (Å²) in [5, 5.41) is 20.0. The Bertz CT molecular complexity index is 194. The Morgan fingerprint density at radius 1 is 1.47 bits per heavy atom. The van der Waals surface area contributed by atoms with E-state index in [1.54, 1.807) is 0 Å². The zero-order valence-electron chi connectivity index (χ0n) is 9.36. The maximum atomic E-state index is 11.4. The number of nitrogens with one attached hydrogen (secondary N) is 1. The molecule has 5 N–H and O–H groups in total. The minimum absolute atomic E-state index is 0. The van der Waals surface area contributed by atoms with Crippen LogP contribution in [0.1, 0.15) is 27.2 Å². The van der Waals surface area contributed by atoms with Crippen LogP contribution in [0, 0.1) is 5.41 Å². The number of halogens is 1. The lowest BCUT2D eigenvalue weighted by Crippen LogP contribution is -2.51. The average Bonchev–Trinajstić information content (AvgIpc) is 2.01. The SMILES string of the molecule is CC(C)(C)C(N)C(=O)NC(O)CCO.Cl. The Hall–Kier alpha value is -0.360. The second-order valence-electron chi connectivity index (χ2n) is 4.38. The third-order valence-corrected chi connectivity index (χ3v) is 1.93. The van der Waals surface area contributed by atoms with Crippen LogP contribution in [0.3, 0.4) is 0 Å². The number of hydrogen-bond acceptors (Lipinski definition) is 4. The largest absolute Gasteiger partial charge is 0.396 e. The molecular formula is C9H21ClN2O3. The quantitative estimate of drug-likeness (QED) is 0.503. The molecule has 0 aliphatic heterocycles. The molecule has 0 saturated heterocycles. The highest BCUT2D eigenvalue weighted by Crippen LogP contribution is 2.17. The van der Waals surface area contributed by atoms with Gasteiger partial charge < -0.3 is 21.3 Å². The molecule has 0 aromatic rings.